The van der Waals surface area contributed by atoms with E-state index in [2.05, 4.69) is 13.8 Å². The van der Waals surface area contributed by atoms with Gasteiger partial charge in [-0.15, -0.1) is 0 Å². The van der Waals surface area contributed by atoms with Crippen LogP contribution in [0.15, 0.2) is 48.5 Å². The highest BCUT2D eigenvalue weighted by Crippen LogP contribution is 2.38. The highest BCUT2D eigenvalue weighted by atomic mass is 19.1. The molecule has 2 aromatic rings. The summed E-state index contributed by atoms with van der Waals surface area (Å²) in [5.41, 5.74) is 7.06. The fourth-order valence-electron chi connectivity index (χ4n) is 3.03. The first kappa shape index (κ1) is 18.1. The zero-order chi connectivity index (χ0) is 18.8. The van der Waals surface area contributed by atoms with Crippen molar-refractivity contribution < 1.29 is 14.0 Å². The highest BCUT2D eigenvalue weighted by molar-refractivity contribution is 6.22. The van der Waals surface area contributed by atoms with E-state index in [0.717, 1.165) is 6.42 Å². The minimum absolute atomic E-state index is 0.0823. The fourth-order valence-corrected chi connectivity index (χ4v) is 3.03. The van der Waals surface area contributed by atoms with E-state index in [1.165, 1.54) is 17.0 Å². The third kappa shape index (κ3) is 3.20. The average molecular weight is 355 g/mol. The van der Waals surface area contributed by atoms with Crippen LogP contribution >= 0.6 is 0 Å². The lowest BCUT2D eigenvalue weighted by molar-refractivity contribution is -0.127. The SMILES string of the molecule is CC(C)CCN1C(=O)[C@H](N)C(=O)N(c2ccccc2F)c2ccccc21. The zero-order valence-corrected chi connectivity index (χ0v) is 14.9. The quantitative estimate of drug-likeness (QED) is 0.857. The Morgan fingerprint density at radius 1 is 0.962 bits per heavy atom. The van der Waals surface area contributed by atoms with E-state index in [0.29, 0.717) is 23.8 Å². The predicted molar refractivity (Wildman–Crippen MR) is 99.8 cm³/mol. The second-order valence-corrected chi connectivity index (χ2v) is 6.76. The van der Waals surface area contributed by atoms with Crippen LogP contribution in [-0.2, 0) is 9.59 Å². The maximum atomic E-state index is 14.4. The lowest BCUT2D eigenvalue weighted by atomic mass is 10.1. The van der Waals surface area contributed by atoms with Gasteiger partial charge in [0.1, 0.15) is 5.82 Å². The molecule has 5 nitrogen and oxygen atoms in total. The van der Waals surface area contributed by atoms with Crippen LogP contribution in [0, 0.1) is 11.7 Å². The monoisotopic (exact) mass is 355 g/mol. The molecule has 1 aliphatic rings. The van der Waals surface area contributed by atoms with Gasteiger partial charge < -0.3 is 10.6 Å². The van der Waals surface area contributed by atoms with Crippen LogP contribution in [0.1, 0.15) is 20.3 Å². The van der Waals surface area contributed by atoms with Crippen molar-refractivity contribution in [2.24, 2.45) is 11.7 Å². The first-order valence-corrected chi connectivity index (χ1v) is 8.66. The molecular formula is C20H22FN3O2. The van der Waals surface area contributed by atoms with Crippen LogP contribution in [0.2, 0.25) is 0 Å². The number of benzene rings is 2. The van der Waals surface area contributed by atoms with Gasteiger partial charge in [-0.3, -0.25) is 14.5 Å². The highest BCUT2D eigenvalue weighted by Gasteiger charge is 2.39. The van der Waals surface area contributed by atoms with Crippen molar-refractivity contribution in [1.29, 1.82) is 0 Å². The van der Waals surface area contributed by atoms with E-state index < -0.39 is 23.7 Å². The van der Waals surface area contributed by atoms with Crippen LogP contribution < -0.4 is 15.5 Å². The molecule has 1 aliphatic heterocycles. The molecule has 0 saturated heterocycles. The van der Waals surface area contributed by atoms with Crippen LogP contribution in [0.25, 0.3) is 0 Å². The zero-order valence-electron chi connectivity index (χ0n) is 14.9. The molecule has 0 bridgehead atoms. The molecule has 0 aromatic heterocycles. The molecule has 0 fully saturated rings. The summed E-state index contributed by atoms with van der Waals surface area (Å²) in [7, 11) is 0. The van der Waals surface area contributed by atoms with Crippen LogP contribution in [0.5, 0.6) is 0 Å². The van der Waals surface area contributed by atoms with Gasteiger partial charge in [0, 0.05) is 6.54 Å². The van der Waals surface area contributed by atoms with E-state index in [1.54, 1.807) is 41.3 Å². The topological polar surface area (TPSA) is 66.6 Å². The summed E-state index contributed by atoms with van der Waals surface area (Å²) in [5.74, 6) is -1.28. The summed E-state index contributed by atoms with van der Waals surface area (Å²) < 4.78 is 14.4. The first-order chi connectivity index (χ1) is 12.4. The van der Waals surface area contributed by atoms with Crippen molar-refractivity contribution in [3.05, 3.63) is 54.3 Å². The Hall–Kier alpha value is -2.73. The Morgan fingerprint density at radius 3 is 2.15 bits per heavy atom. The molecule has 136 valence electrons. The molecule has 6 heteroatoms. The third-order valence-corrected chi connectivity index (χ3v) is 4.46. The van der Waals surface area contributed by atoms with Crippen molar-refractivity contribution in [3.63, 3.8) is 0 Å². The van der Waals surface area contributed by atoms with Crippen molar-refractivity contribution in [2.75, 3.05) is 16.3 Å². The van der Waals surface area contributed by atoms with Crippen molar-refractivity contribution in [1.82, 2.24) is 0 Å². The van der Waals surface area contributed by atoms with Gasteiger partial charge in [-0.2, -0.15) is 0 Å². The molecule has 1 heterocycles. The normalized spacial score (nSPS) is 17.5. The summed E-state index contributed by atoms with van der Waals surface area (Å²) in [6, 6.07) is 11.6. The summed E-state index contributed by atoms with van der Waals surface area (Å²) >= 11 is 0. The van der Waals surface area contributed by atoms with Gasteiger partial charge in [-0.25, -0.2) is 4.39 Å². The Balaban J connectivity index is 2.17. The fraction of sp³-hybridized carbons (Fsp3) is 0.300. The summed E-state index contributed by atoms with van der Waals surface area (Å²) in [6.07, 6.45) is 0.765. The number of carbonyl (C=O) groups excluding carboxylic acids is 2. The molecule has 2 amide bonds. The number of nitrogens with two attached hydrogens (primary N) is 1. The smallest absolute Gasteiger partial charge is 0.258 e. The third-order valence-electron chi connectivity index (χ3n) is 4.46. The Bertz CT molecular complexity index is 837. The Morgan fingerprint density at radius 2 is 1.54 bits per heavy atom. The van der Waals surface area contributed by atoms with Crippen LogP contribution in [-0.4, -0.2) is 24.4 Å². The lowest BCUT2D eigenvalue weighted by Crippen LogP contribution is -2.50. The maximum Gasteiger partial charge on any atom is 0.258 e. The number of para-hydroxylation sites is 3. The van der Waals surface area contributed by atoms with Gasteiger partial charge in [0.05, 0.1) is 17.1 Å². The number of fused-ring (bicyclic) bond motifs is 1. The second kappa shape index (κ2) is 7.25. The summed E-state index contributed by atoms with van der Waals surface area (Å²) in [6.45, 7) is 4.56. The molecule has 26 heavy (non-hydrogen) atoms. The molecule has 1 atom stereocenters. The number of carbonyl (C=O) groups is 2. The maximum absolute atomic E-state index is 14.4. The largest absolute Gasteiger partial charge is 0.312 e. The van der Waals surface area contributed by atoms with E-state index in [4.69, 9.17) is 5.73 Å². The first-order valence-electron chi connectivity index (χ1n) is 8.66. The predicted octanol–water partition coefficient (Wildman–Crippen LogP) is 3.21. The average Bonchev–Trinajstić information content (AvgIpc) is 2.70. The second-order valence-electron chi connectivity index (χ2n) is 6.76. The van der Waals surface area contributed by atoms with Crippen molar-refractivity contribution >= 4 is 28.9 Å². The van der Waals surface area contributed by atoms with E-state index in [1.807, 2.05) is 0 Å². The van der Waals surface area contributed by atoms with Crippen LogP contribution in [0.3, 0.4) is 0 Å². The number of amides is 2. The van der Waals surface area contributed by atoms with Crippen molar-refractivity contribution in [3.8, 4) is 0 Å². The minimum Gasteiger partial charge on any atom is -0.312 e. The molecule has 2 aromatic carbocycles. The molecular weight excluding hydrogens is 333 g/mol. The van der Waals surface area contributed by atoms with E-state index in [9.17, 15) is 14.0 Å². The van der Waals surface area contributed by atoms with Gasteiger partial charge >= 0.3 is 0 Å². The molecule has 2 N–H and O–H groups in total. The van der Waals surface area contributed by atoms with Crippen LogP contribution in [0.4, 0.5) is 21.5 Å². The lowest BCUT2D eigenvalue weighted by Gasteiger charge is -2.26. The van der Waals surface area contributed by atoms with Gasteiger partial charge in [-0.1, -0.05) is 38.1 Å². The number of hydrogen-bond acceptors (Lipinski definition) is 3. The summed E-state index contributed by atoms with van der Waals surface area (Å²) in [5, 5.41) is 0. The number of hydrogen-bond donors (Lipinski definition) is 1. The minimum atomic E-state index is -1.38. The van der Waals surface area contributed by atoms with Crippen molar-refractivity contribution in [2.45, 2.75) is 26.3 Å². The molecule has 0 unspecified atom stereocenters. The van der Waals surface area contributed by atoms with E-state index in [-0.39, 0.29) is 5.69 Å². The molecule has 0 radical (unpaired) electrons. The Kier molecular flexibility index (Phi) is 5.04. The van der Waals surface area contributed by atoms with Gasteiger partial charge in [0.2, 0.25) is 0 Å². The van der Waals surface area contributed by atoms with Gasteiger partial charge in [0.15, 0.2) is 6.04 Å². The molecule has 0 aliphatic carbocycles. The molecule has 0 spiro atoms. The molecule has 3 rings (SSSR count). The number of anilines is 3. The van der Waals surface area contributed by atoms with Gasteiger partial charge in [0.25, 0.3) is 11.8 Å². The molecule has 0 saturated carbocycles. The Labute approximate surface area is 152 Å². The number of nitrogens with zero attached hydrogens (tertiary/aromatic N) is 2. The standard InChI is InChI=1S/C20H22FN3O2/c1-13(2)11-12-23-16-9-5-6-10-17(16)24(20(26)18(22)19(23)25)15-8-4-3-7-14(15)21/h3-10,13,18H,11-12,22H2,1-2H3/t18-/m0/s1. The number of rotatable bonds is 4. The van der Waals surface area contributed by atoms with Gasteiger partial charge in [-0.05, 0) is 36.6 Å². The summed E-state index contributed by atoms with van der Waals surface area (Å²) in [4.78, 5) is 28.5. The van der Waals surface area contributed by atoms with E-state index >= 15 is 0 Å². The number of halogens is 1.